The second-order valence-corrected chi connectivity index (χ2v) is 7.03. The first-order chi connectivity index (χ1) is 9.58. The summed E-state index contributed by atoms with van der Waals surface area (Å²) in [6.07, 6.45) is 0.735. The van der Waals surface area contributed by atoms with E-state index in [-0.39, 0.29) is 11.5 Å². The fourth-order valence-corrected chi connectivity index (χ4v) is 4.56. The summed E-state index contributed by atoms with van der Waals surface area (Å²) < 4.78 is 0.451. The Hall–Kier alpha value is -1.31. The highest BCUT2D eigenvalue weighted by atomic mass is 32.2. The molecule has 2 aliphatic heterocycles. The molecule has 0 aliphatic carbocycles. The monoisotopic (exact) mass is 323 g/mol. The van der Waals surface area contributed by atoms with E-state index in [4.69, 9.17) is 12.2 Å². The van der Waals surface area contributed by atoms with Gasteiger partial charge in [0, 0.05) is 10.6 Å². The zero-order valence-electron chi connectivity index (χ0n) is 10.1. The summed E-state index contributed by atoms with van der Waals surface area (Å²) >= 11 is 7.78. The van der Waals surface area contributed by atoms with Gasteiger partial charge in [-0.15, -0.1) is 11.8 Å². The Morgan fingerprint density at radius 1 is 1.40 bits per heavy atom. The van der Waals surface area contributed by atoms with Crippen LogP contribution in [-0.2, 0) is 4.79 Å². The van der Waals surface area contributed by atoms with Crippen molar-refractivity contribution in [3.05, 3.63) is 34.2 Å². The van der Waals surface area contributed by atoms with E-state index in [1.54, 1.807) is 12.1 Å². The summed E-state index contributed by atoms with van der Waals surface area (Å²) in [5.74, 6) is -0.371. The molecule has 0 atom stereocenters. The number of carboxylic acids is 1. The molecule has 20 heavy (non-hydrogen) atoms. The van der Waals surface area contributed by atoms with Crippen LogP contribution in [0.4, 0.5) is 0 Å². The van der Waals surface area contributed by atoms with Crippen molar-refractivity contribution in [3.63, 3.8) is 0 Å². The highest BCUT2D eigenvalue weighted by Crippen LogP contribution is 2.43. The van der Waals surface area contributed by atoms with Crippen molar-refractivity contribution in [2.24, 2.45) is 0 Å². The number of hydrogen-bond acceptors (Lipinski definition) is 5. The standard InChI is InChI=1S/C13H9NO3S3/c15-11-10(20-13(18)14-11)7-4-5-19-9-6(7)2-1-3-8(9)12(16)17/h1-3H,4-5H2,(H,16,17)(H,14,15,18)/b10-7-. The number of thioether (sulfide) groups is 2. The van der Waals surface area contributed by atoms with Crippen LogP contribution in [0.3, 0.4) is 0 Å². The van der Waals surface area contributed by atoms with Crippen LogP contribution >= 0.6 is 35.7 Å². The summed E-state index contributed by atoms with van der Waals surface area (Å²) in [4.78, 5) is 24.5. The molecule has 0 bridgehead atoms. The van der Waals surface area contributed by atoms with Gasteiger partial charge < -0.3 is 10.4 Å². The molecule has 1 aromatic rings. The predicted molar refractivity (Wildman–Crippen MR) is 84.0 cm³/mol. The molecule has 7 heteroatoms. The summed E-state index contributed by atoms with van der Waals surface area (Å²) in [7, 11) is 0. The van der Waals surface area contributed by atoms with E-state index < -0.39 is 5.97 Å². The van der Waals surface area contributed by atoms with E-state index >= 15 is 0 Å². The van der Waals surface area contributed by atoms with Crippen LogP contribution < -0.4 is 5.32 Å². The van der Waals surface area contributed by atoms with Gasteiger partial charge >= 0.3 is 5.97 Å². The smallest absolute Gasteiger partial charge is 0.336 e. The number of benzene rings is 1. The van der Waals surface area contributed by atoms with Gasteiger partial charge in [0.25, 0.3) is 5.91 Å². The lowest BCUT2D eigenvalue weighted by Crippen LogP contribution is -2.18. The maximum atomic E-state index is 11.9. The van der Waals surface area contributed by atoms with Gasteiger partial charge in [0.05, 0.1) is 10.5 Å². The Kier molecular flexibility index (Phi) is 3.57. The van der Waals surface area contributed by atoms with E-state index in [1.165, 1.54) is 23.5 Å². The zero-order valence-corrected chi connectivity index (χ0v) is 12.6. The Balaban J connectivity index is 2.19. The number of hydrogen-bond donors (Lipinski definition) is 2. The van der Waals surface area contributed by atoms with E-state index in [0.29, 0.717) is 9.23 Å². The van der Waals surface area contributed by atoms with E-state index in [1.807, 2.05) is 6.07 Å². The first-order valence-electron chi connectivity index (χ1n) is 5.83. The number of carbonyl (C=O) groups is 2. The largest absolute Gasteiger partial charge is 0.478 e. The van der Waals surface area contributed by atoms with Crippen molar-refractivity contribution in [1.82, 2.24) is 5.32 Å². The third-order valence-electron chi connectivity index (χ3n) is 3.06. The first kappa shape index (κ1) is 13.7. The van der Waals surface area contributed by atoms with Gasteiger partial charge in [-0.25, -0.2) is 4.79 Å². The van der Waals surface area contributed by atoms with Gasteiger partial charge in [-0.05, 0) is 23.6 Å². The molecule has 1 amide bonds. The third-order valence-corrected chi connectivity index (χ3v) is 5.47. The van der Waals surface area contributed by atoms with Gasteiger partial charge in [-0.2, -0.15) is 0 Å². The Morgan fingerprint density at radius 3 is 2.85 bits per heavy atom. The van der Waals surface area contributed by atoms with Crippen LogP contribution in [0.2, 0.25) is 0 Å². The molecule has 0 unspecified atom stereocenters. The van der Waals surface area contributed by atoms with Crippen molar-refractivity contribution < 1.29 is 14.7 Å². The fraction of sp³-hybridized carbons (Fsp3) is 0.154. The molecule has 1 aromatic carbocycles. The molecule has 3 rings (SSSR count). The average molecular weight is 323 g/mol. The minimum Gasteiger partial charge on any atom is -0.478 e. The van der Waals surface area contributed by atoms with Gasteiger partial charge in [0.15, 0.2) is 0 Å². The number of carbonyl (C=O) groups excluding carboxylic acids is 1. The van der Waals surface area contributed by atoms with Gasteiger partial charge in [0.2, 0.25) is 0 Å². The number of carboxylic acid groups (broad SMARTS) is 1. The molecule has 2 aliphatic rings. The number of fused-ring (bicyclic) bond motifs is 1. The lowest BCUT2D eigenvalue weighted by atomic mass is 9.99. The minimum atomic E-state index is -0.945. The molecule has 102 valence electrons. The molecule has 0 radical (unpaired) electrons. The van der Waals surface area contributed by atoms with Crippen molar-refractivity contribution in [3.8, 4) is 0 Å². The second kappa shape index (κ2) is 5.23. The molecule has 0 saturated carbocycles. The van der Waals surface area contributed by atoms with Crippen molar-refractivity contribution in [2.45, 2.75) is 11.3 Å². The van der Waals surface area contributed by atoms with Gasteiger partial charge in [0.1, 0.15) is 4.32 Å². The van der Waals surface area contributed by atoms with Crippen LogP contribution in [0, 0.1) is 0 Å². The van der Waals surface area contributed by atoms with Crippen molar-refractivity contribution in [1.29, 1.82) is 0 Å². The maximum Gasteiger partial charge on any atom is 0.336 e. The number of allylic oxidation sites excluding steroid dienone is 1. The predicted octanol–water partition coefficient (Wildman–Crippen LogP) is 2.74. The molecular formula is C13H9NO3S3. The lowest BCUT2D eigenvalue weighted by molar-refractivity contribution is -0.115. The quantitative estimate of drug-likeness (QED) is 0.612. The topological polar surface area (TPSA) is 66.4 Å². The first-order valence-corrected chi connectivity index (χ1v) is 8.04. The highest BCUT2D eigenvalue weighted by Gasteiger charge is 2.30. The summed E-state index contributed by atoms with van der Waals surface area (Å²) in [5.41, 5.74) is 2.02. The van der Waals surface area contributed by atoms with Gasteiger partial charge in [-0.1, -0.05) is 36.1 Å². The number of aromatic carboxylic acids is 1. The molecule has 0 spiro atoms. The number of nitrogens with one attached hydrogen (secondary N) is 1. The van der Waals surface area contributed by atoms with Crippen LogP contribution in [0.25, 0.3) is 5.57 Å². The molecule has 4 nitrogen and oxygen atoms in total. The van der Waals surface area contributed by atoms with Crippen LogP contribution in [0.5, 0.6) is 0 Å². The third kappa shape index (κ3) is 2.25. The van der Waals surface area contributed by atoms with E-state index in [9.17, 15) is 14.7 Å². The number of amides is 1. The summed E-state index contributed by atoms with van der Waals surface area (Å²) in [6.45, 7) is 0. The Labute approximate surface area is 129 Å². The number of rotatable bonds is 1. The van der Waals surface area contributed by atoms with Gasteiger partial charge in [-0.3, -0.25) is 4.79 Å². The van der Waals surface area contributed by atoms with Crippen molar-refractivity contribution in [2.75, 3.05) is 5.75 Å². The minimum absolute atomic E-state index is 0.187. The molecule has 1 fully saturated rings. The molecule has 2 N–H and O–H groups in total. The summed E-state index contributed by atoms with van der Waals surface area (Å²) in [6, 6.07) is 5.17. The number of thiocarbonyl (C=S) groups is 1. The molecular weight excluding hydrogens is 314 g/mol. The van der Waals surface area contributed by atoms with E-state index in [2.05, 4.69) is 5.32 Å². The normalized spacial score (nSPS) is 21.6. The second-order valence-electron chi connectivity index (χ2n) is 4.24. The van der Waals surface area contributed by atoms with Crippen LogP contribution in [0.1, 0.15) is 22.3 Å². The summed E-state index contributed by atoms with van der Waals surface area (Å²) in [5, 5.41) is 11.9. The fourth-order valence-electron chi connectivity index (χ4n) is 2.24. The van der Waals surface area contributed by atoms with Crippen LogP contribution in [0.15, 0.2) is 28.0 Å². The highest BCUT2D eigenvalue weighted by molar-refractivity contribution is 8.26. The van der Waals surface area contributed by atoms with Crippen molar-refractivity contribution >= 4 is 57.5 Å². The average Bonchev–Trinajstić information content (AvgIpc) is 2.76. The maximum absolute atomic E-state index is 11.9. The Bertz CT molecular complexity index is 681. The SMILES string of the molecule is O=C1NC(=S)S/C1=C1/CCSc2c(C(=O)O)cccc21. The van der Waals surface area contributed by atoms with E-state index in [0.717, 1.165) is 28.2 Å². The molecule has 2 heterocycles. The molecule has 1 saturated heterocycles. The van der Waals surface area contributed by atoms with Crippen LogP contribution in [-0.4, -0.2) is 27.1 Å². The lowest BCUT2D eigenvalue weighted by Gasteiger charge is -2.21. The molecule has 0 aromatic heterocycles. The Morgan fingerprint density at radius 2 is 2.20 bits per heavy atom. The zero-order chi connectivity index (χ0) is 14.3.